The summed E-state index contributed by atoms with van der Waals surface area (Å²) in [4.78, 5) is 31.2. The van der Waals surface area contributed by atoms with E-state index in [4.69, 9.17) is 0 Å². The van der Waals surface area contributed by atoms with E-state index < -0.39 is 23.7 Å². The smallest absolute Gasteiger partial charge is 0.344 e. The third-order valence-corrected chi connectivity index (χ3v) is 4.27. The van der Waals surface area contributed by atoms with Crippen molar-refractivity contribution >= 4 is 23.3 Å². The van der Waals surface area contributed by atoms with E-state index in [0.29, 0.717) is 13.1 Å². The largest absolute Gasteiger partial charge is 0.417 e. The highest BCUT2D eigenvalue weighted by atomic mass is 19.4. The molecule has 0 spiro atoms. The molecule has 6 nitrogen and oxygen atoms in total. The number of pyridine rings is 1. The molecule has 0 radical (unpaired) electrons. The molecular weight excluding hydrogens is 337 g/mol. The molecular formula is C16H15F3N4O2. The standard InChI is InChI=1S/C16H15F3N4O2/c1-3-13(24)22-4-5-23-12(8-22)9(2)15(25)21-11-6-10(16(17,18)19)7-20-14(11)23/h3,6-7,12H,1-2,4-5,8H2,(H,21,25)/t12-/m0/s1. The maximum atomic E-state index is 12.9. The summed E-state index contributed by atoms with van der Waals surface area (Å²) < 4.78 is 38.7. The van der Waals surface area contributed by atoms with Crippen molar-refractivity contribution in [1.82, 2.24) is 9.88 Å². The minimum Gasteiger partial charge on any atom is -0.344 e. The van der Waals surface area contributed by atoms with Gasteiger partial charge in [0.1, 0.15) is 0 Å². The number of carbonyl (C=O) groups is 2. The maximum absolute atomic E-state index is 12.9. The summed E-state index contributed by atoms with van der Waals surface area (Å²) in [6.07, 6.45) is -2.65. The Balaban J connectivity index is 2.01. The Labute approximate surface area is 141 Å². The van der Waals surface area contributed by atoms with Crippen LogP contribution >= 0.6 is 0 Å². The molecule has 3 heterocycles. The first kappa shape index (κ1) is 17.0. The predicted octanol–water partition coefficient (Wildman–Crippen LogP) is 1.81. The molecule has 2 aliphatic rings. The Hall–Kier alpha value is -2.84. The second kappa shape index (κ2) is 5.91. The van der Waals surface area contributed by atoms with Crippen LogP contribution in [0.5, 0.6) is 0 Å². The molecule has 3 rings (SSSR count). The van der Waals surface area contributed by atoms with Crippen LogP contribution in [-0.2, 0) is 15.8 Å². The second-order valence-corrected chi connectivity index (χ2v) is 5.77. The van der Waals surface area contributed by atoms with Crippen molar-refractivity contribution in [3.63, 3.8) is 0 Å². The van der Waals surface area contributed by atoms with Gasteiger partial charge in [-0.2, -0.15) is 13.2 Å². The van der Waals surface area contributed by atoms with Crippen LogP contribution in [0.1, 0.15) is 5.56 Å². The maximum Gasteiger partial charge on any atom is 0.417 e. The number of nitrogens with zero attached hydrogens (tertiary/aromatic N) is 3. The number of hydrogen-bond donors (Lipinski definition) is 1. The van der Waals surface area contributed by atoms with Gasteiger partial charge in [0.05, 0.1) is 17.3 Å². The lowest BCUT2D eigenvalue weighted by Crippen LogP contribution is -2.55. The summed E-state index contributed by atoms with van der Waals surface area (Å²) in [6.45, 7) is 8.01. The molecule has 1 aromatic rings. The molecule has 1 N–H and O–H groups in total. The molecule has 0 saturated carbocycles. The number of hydrogen-bond acceptors (Lipinski definition) is 4. The molecule has 1 aromatic heterocycles. The molecule has 0 aliphatic carbocycles. The highest BCUT2D eigenvalue weighted by molar-refractivity contribution is 6.07. The van der Waals surface area contributed by atoms with Gasteiger partial charge in [-0.1, -0.05) is 13.2 Å². The van der Waals surface area contributed by atoms with E-state index in [1.165, 1.54) is 11.0 Å². The first-order chi connectivity index (χ1) is 11.7. The lowest BCUT2D eigenvalue weighted by atomic mass is 10.0. The topological polar surface area (TPSA) is 65.5 Å². The third-order valence-electron chi connectivity index (χ3n) is 4.27. The summed E-state index contributed by atoms with van der Waals surface area (Å²) in [5, 5.41) is 2.43. The Morgan fingerprint density at radius 3 is 2.76 bits per heavy atom. The fourth-order valence-electron chi connectivity index (χ4n) is 2.95. The second-order valence-electron chi connectivity index (χ2n) is 5.77. The van der Waals surface area contributed by atoms with Crippen molar-refractivity contribution in [3.05, 3.63) is 42.6 Å². The molecule has 1 atom stereocenters. The van der Waals surface area contributed by atoms with Crippen LogP contribution in [0.3, 0.4) is 0 Å². The number of anilines is 2. The minimum absolute atomic E-state index is 0.0213. The summed E-state index contributed by atoms with van der Waals surface area (Å²) in [7, 11) is 0. The number of halogens is 3. The number of carbonyl (C=O) groups excluding carboxylic acids is 2. The van der Waals surface area contributed by atoms with E-state index >= 15 is 0 Å². The molecule has 0 aromatic carbocycles. The quantitative estimate of drug-likeness (QED) is 0.783. The van der Waals surface area contributed by atoms with Gasteiger partial charge in [0.15, 0.2) is 5.82 Å². The lowest BCUT2D eigenvalue weighted by molar-refractivity contribution is -0.137. The Kier molecular flexibility index (Phi) is 4.02. The monoisotopic (exact) mass is 352 g/mol. The number of alkyl halides is 3. The van der Waals surface area contributed by atoms with E-state index in [-0.39, 0.29) is 29.5 Å². The summed E-state index contributed by atoms with van der Waals surface area (Å²) in [5.74, 6) is -0.642. The minimum atomic E-state index is -4.56. The molecule has 1 saturated heterocycles. The molecule has 25 heavy (non-hydrogen) atoms. The first-order valence-electron chi connectivity index (χ1n) is 7.47. The zero-order valence-corrected chi connectivity index (χ0v) is 13.1. The summed E-state index contributed by atoms with van der Waals surface area (Å²) in [5.41, 5.74) is -0.809. The lowest BCUT2D eigenvalue weighted by Gasteiger charge is -2.41. The normalized spacial score (nSPS) is 20.4. The summed E-state index contributed by atoms with van der Waals surface area (Å²) >= 11 is 0. The number of fused-ring (bicyclic) bond motifs is 3. The van der Waals surface area contributed by atoms with Crippen molar-refractivity contribution < 1.29 is 22.8 Å². The number of nitrogens with one attached hydrogen (secondary N) is 1. The van der Waals surface area contributed by atoms with Gasteiger partial charge in [0.2, 0.25) is 5.91 Å². The van der Waals surface area contributed by atoms with Gasteiger partial charge >= 0.3 is 6.18 Å². The fraction of sp³-hybridized carbons (Fsp3) is 0.312. The van der Waals surface area contributed by atoms with Crippen LogP contribution in [0.15, 0.2) is 37.1 Å². The van der Waals surface area contributed by atoms with Gasteiger partial charge in [0, 0.05) is 31.4 Å². The van der Waals surface area contributed by atoms with E-state index in [0.717, 1.165) is 12.3 Å². The van der Waals surface area contributed by atoms with Gasteiger partial charge in [-0.15, -0.1) is 0 Å². The predicted molar refractivity (Wildman–Crippen MR) is 84.9 cm³/mol. The van der Waals surface area contributed by atoms with Crippen LogP contribution in [0.2, 0.25) is 0 Å². The molecule has 2 amide bonds. The van der Waals surface area contributed by atoms with Crippen LogP contribution in [0.4, 0.5) is 24.7 Å². The number of amides is 2. The molecule has 0 unspecified atom stereocenters. The van der Waals surface area contributed by atoms with Crippen LogP contribution in [0.25, 0.3) is 0 Å². The zero-order chi connectivity index (χ0) is 18.4. The third kappa shape index (κ3) is 2.97. The van der Waals surface area contributed by atoms with E-state index in [9.17, 15) is 22.8 Å². The first-order valence-corrected chi connectivity index (χ1v) is 7.47. The van der Waals surface area contributed by atoms with Gasteiger partial charge in [0.25, 0.3) is 5.91 Å². The van der Waals surface area contributed by atoms with E-state index in [1.807, 2.05) is 0 Å². The van der Waals surface area contributed by atoms with Crippen LogP contribution < -0.4 is 10.2 Å². The van der Waals surface area contributed by atoms with Crippen LogP contribution in [-0.4, -0.2) is 47.4 Å². The number of aromatic nitrogens is 1. The Morgan fingerprint density at radius 2 is 2.12 bits per heavy atom. The zero-order valence-electron chi connectivity index (χ0n) is 13.1. The van der Waals surface area contributed by atoms with Gasteiger partial charge in [-0.05, 0) is 12.1 Å². The van der Waals surface area contributed by atoms with Crippen LogP contribution in [0, 0.1) is 0 Å². The summed E-state index contributed by atoms with van der Waals surface area (Å²) in [6, 6.07) is 0.292. The number of piperazine rings is 1. The molecule has 2 aliphatic heterocycles. The van der Waals surface area contributed by atoms with Crippen molar-refractivity contribution in [2.75, 3.05) is 29.9 Å². The van der Waals surface area contributed by atoms with Gasteiger partial charge in [-0.25, -0.2) is 4.98 Å². The van der Waals surface area contributed by atoms with Gasteiger partial charge < -0.3 is 15.1 Å². The van der Waals surface area contributed by atoms with Crippen molar-refractivity contribution in [1.29, 1.82) is 0 Å². The van der Waals surface area contributed by atoms with Crippen molar-refractivity contribution in [3.8, 4) is 0 Å². The van der Waals surface area contributed by atoms with Crippen molar-refractivity contribution in [2.24, 2.45) is 0 Å². The molecule has 0 bridgehead atoms. The van der Waals surface area contributed by atoms with E-state index in [1.54, 1.807) is 4.90 Å². The Bertz CT molecular complexity index is 775. The fourth-order valence-corrected chi connectivity index (χ4v) is 2.95. The average Bonchev–Trinajstić information content (AvgIpc) is 2.68. The van der Waals surface area contributed by atoms with Gasteiger partial charge in [-0.3, -0.25) is 9.59 Å². The highest BCUT2D eigenvalue weighted by Gasteiger charge is 2.39. The number of rotatable bonds is 1. The molecule has 1 fully saturated rings. The molecule has 132 valence electrons. The molecule has 9 heteroatoms. The Morgan fingerprint density at radius 1 is 1.40 bits per heavy atom. The van der Waals surface area contributed by atoms with E-state index in [2.05, 4.69) is 23.5 Å². The average molecular weight is 352 g/mol. The highest BCUT2D eigenvalue weighted by Crippen LogP contribution is 2.37. The SMILES string of the molecule is C=CC(=O)N1CCN2c3ncc(C(F)(F)F)cc3NC(=O)C(=C)[C@@H]2C1. The van der Waals surface area contributed by atoms with Crippen molar-refractivity contribution in [2.45, 2.75) is 12.2 Å².